The Hall–Kier alpha value is -3.09. The normalized spacial score (nSPS) is 11.0. The van der Waals surface area contributed by atoms with Gasteiger partial charge in [-0.3, -0.25) is 9.78 Å². The fourth-order valence-electron chi connectivity index (χ4n) is 2.77. The molecule has 5 nitrogen and oxygen atoms in total. The molecule has 1 amide bonds. The van der Waals surface area contributed by atoms with Crippen molar-refractivity contribution in [2.45, 2.75) is 26.4 Å². The third kappa shape index (κ3) is 4.19. The second kappa shape index (κ2) is 7.65. The highest BCUT2D eigenvalue weighted by Crippen LogP contribution is 2.23. The van der Waals surface area contributed by atoms with Gasteiger partial charge in [-0.2, -0.15) is 0 Å². The van der Waals surface area contributed by atoms with Crippen molar-refractivity contribution in [2.24, 2.45) is 7.05 Å². The van der Waals surface area contributed by atoms with Crippen molar-refractivity contribution in [3.8, 4) is 11.3 Å². The lowest BCUT2D eigenvalue weighted by Gasteiger charge is -2.26. The average molecular weight is 370 g/mol. The first-order valence-electron chi connectivity index (χ1n) is 8.54. The van der Waals surface area contributed by atoms with Gasteiger partial charge in [-0.25, -0.2) is 13.8 Å². The van der Waals surface area contributed by atoms with E-state index in [1.54, 1.807) is 41.2 Å². The maximum absolute atomic E-state index is 14.0. The quantitative estimate of drug-likeness (QED) is 0.686. The number of aromatic nitrogens is 3. The largest absolute Gasteiger partial charge is 0.340 e. The molecule has 2 heterocycles. The van der Waals surface area contributed by atoms with Crippen LogP contribution in [0.2, 0.25) is 0 Å². The number of hydrogen-bond acceptors (Lipinski definition) is 3. The van der Waals surface area contributed by atoms with Crippen molar-refractivity contribution in [1.82, 2.24) is 19.4 Å². The van der Waals surface area contributed by atoms with Crippen molar-refractivity contribution < 1.29 is 13.6 Å². The highest BCUT2D eigenvalue weighted by Gasteiger charge is 2.21. The summed E-state index contributed by atoms with van der Waals surface area (Å²) in [5.74, 6) is -1.28. The highest BCUT2D eigenvalue weighted by atomic mass is 19.1. The van der Waals surface area contributed by atoms with Gasteiger partial charge in [0.15, 0.2) is 0 Å². The van der Waals surface area contributed by atoms with Crippen LogP contribution >= 0.6 is 0 Å². The number of amides is 1. The zero-order valence-corrected chi connectivity index (χ0v) is 15.4. The van der Waals surface area contributed by atoms with Crippen LogP contribution in [0.5, 0.6) is 0 Å². The fraction of sp³-hybridized carbons (Fsp3) is 0.250. The Bertz CT molecular complexity index is 968. The van der Waals surface area contributed by atoms with Gasteiger partial charge in [0.1, 0.15) is 17.3 Å². The van der Waals surface area contributed by atoms with Gasteiger partial charge in [0.25, 0.3) is 5.91 Å². The van der Waals surface area contributed by atoms with E-state index in [0.717, 1.165) is 23.8 Å². The van der Waals surface area contributed by atoms with E-state index in [1.165, 1.54) is 6.20 Å². The number of aryl methyl sites for hydroxylation is 1. The summed E-state index contributed by atoms with van der Waals surface area (Å²) in [7, 11) is 1.80. The molecule has 0 saturated heterocycles. The Kier molecular flexibility index (Phi) is 5.30. The van der Waals surface area contributed by atoms with E-state index < -0.39 is 11.6 Å². The summed E-state index contributed by atoms with van der Waals surface area (Å²) in [5, 5.41) is 0. The summed E-state index contributed by atoms with van der Waals surface area (Å²) in [4.78, 5) is 22.7. The number of rotatable bonds is 5. The van der Waals surface area contributed by atoms with Crippen LogP contribution in [0.1, 0.15) is 29.9 Å². The number of hydrogen-bond donors (Lipinski definition) is 0. The number of nitrogens with zero attached hydrogens (tertiary/aromatic N) is 4. The summed E-state index contributed by atoms with van der Waals surface area (Å²) in [6, 6.07) is 6.60. The summed E-state index contributed by atoms with van der Waals surface area (Å²) in [6.07, 6.45) is 4.76. The van der Waals surface area contributed by atoms with Crippen LogP contribution in [-0.2, 0) is 13.6 Å². The van der Waals surface area contributed by atoms with Crippen molar-refractivity contribution >= 4 is 5.91 Å². The Balaban J connectivity index is 1.89. The van der Waals surface area contributed by atoms with Gasteiger partial charge >= 0.3 is 0 Å². The van der Waals surface area contributed by atoms with Crippen molar-refractivity contribution in [3.05, 3.63) is 71.9 Å². The van der Waals surface area contributed by atoms with Gasteiger partial charge in [-0.15, -0.1) is 0 Å². The lowest BCUT2D eigenvalue weighted by molar-refractivity contribution is 0.0684. The molecule has 3 rings (SSSR count). The summed E-state index contributed by atoms with van der Waals surface area (Å²) < 4.78 is 29.2. The molecule has 0 spiro atoms. The van der Waals surface area contributed by atoms with Crippen molar-refractivity contribution in [1.29, 1.82) is 0 Å². The predicted octanol–water partition coefficient (Wildman–Crippen LogP) is 3.81. The van der Waals surface area contributed by atoms with Crippen LogP contribution in [0.25, 0.3) is 11.3 Å². The van der Waals surface area contributed by atoms with Crippen molar-refractivity contribution in [2.75, 3.05) is 0 Å². The monoisotopic (exact) mass is 370 g/mol. The van der Waals surface area contributed by atoms with E-state index in [9.17, 15) is 13.6 Å². The van der Waals surface area contributed by atoms with E-state index in [-0.39, 0.29) is 17.5 Å². The molecule has 140 valence electrons. The lowest BCUT2D eigenvalue weighted by atomic mass is 10.1. The zero-order valence-electron chi connectivity index (χ0n) is 15.4. The van der Waals surface area contributed by atoms with E-state index in [0.29, 0.717) is 17.9 Å². The highest BCUT2D eigenvalue weighted by molar-refractivity contribution is 5.92. The van der Waals surface area contributed by atoms with Crippen LogP contribution in [0.15, 0.2) is 49.1 Å². The van der Waals surface area contributed by atoms with Crippen LogP contribution in [0.4, 0.5) is 8.78 Å². The van der Waals surface area contributed by atoms with E-state index in [2.05, 4.69) is 9.97 Å². The maximum Gasteiger partial charge on any atom is 0.274 e. The molecule has 0 aliphatic heterocycles. The molecule has 0 N–H and O–H groups in total. The molecule has 3 aromatic rings. The third-order valence-corrected chi connectivity index (χ3v) is 4.19. The SMILES string of the molecule is CC(C)N(Cc1ccnc(-c2cc(F)ccc2F)c1)C(=O)c1cn(C)cn1. The van der Waals surface area contributed by atoms with Crippen molar-refractivity contribution in [3.63, 3.8) is 0 Å². The Labute approximate surface area is 156 Å². The Morgan fingerprint density at radius 2 is 1.96 bits per heavy atom. The molecule has 0 aliphatic carbocycles. The number of benzene rings is 1. The molecule has 0 aliphatic rings. The molecule has 0 saturated carbocycles. The number of pyridine rings is 1. The lowest BCUT2D eigenvalue weighted by Crippen LogP contribution is -2.36. The Morgan fingerprint density at radius 3 is 2.63 bits per heavy atom. The molecule has 27 heavy (non-hydrogen) atoms. The molecular weight excluding hydrogens is 350 g/mol. The van der Waals surface area contributed by atoms with Crippen LogP contribution in [0, 0.1) is 11.6 Å². The second-order valence-corrected chi connectivity index (χ2v) is 6.62. The first kappa shape index (κ1) is 18.7. The molecule has 7 heteroatoms. The van der Waals surface area contributed by atoms with E-state index in [1.807, 2.05) is 13.8 Å². The first-order chi connectivity index (χ1) is 12.8. The second-order valence-electron chi connectivity index (χ2n) is 6.62. The van der Waals surface area contributed by atoms with Crippen LogP contribution < -0.4 is 0 Å². The molecule has 2 aromatic heterocycles. The molecule has 0 radical (unpaired) electrons. The summed E-state index contributed by atoms with van der Waals surface area (Å²) in [6.45, 7) is 4.13. The minimum absolute atomic E-state index is 0.0676. The van der Waals surface area contributed by atoms with Gasteiger partial charge in [0.05, 0.1) is 12.0 Å². The van der Waals surface area contributed by atoms with Gasteiger partial charge in [-0.1, -0.05) is 0 Å². The number of carbonyl (C=O) groups excluding carboxylic acids is 1. The third-order valence-electron chi connectivity index (χ3n) is 4.19. The fourth-order valence-corrected chi connectivity index (χ4v) is 2.77. The Morgan fingerprint density at radius 1 is 1.19 bits per heavy atom. The molecule has 0 unspecified atom stereocenters. The molecular formula is C20H20F2N4O. The number of imidazole rings is 1. The van der Waals surface area contributed by atoms with Gasteiger partial charge < -0.3 is 9.47 Å². The van der Waals surface area contributed by atoms with Crippen LogP contribution in [0.3, 0.4) is 0 Å². The molecule has 0 atom stereocenters. The van der Waals surface area contributed by atoms with Gasteiger partial charge in [0.2, 0.25) is 0 Å². The first-order valence-corrected chi connectivity index (χ1v) is 8.54. The molecule has 0 bridgehead atoms. The van der Waals surface area contributed by atoms with Gasteiger partial charge in [-0.05, 0) is 49.7 Å². The maximum atomic E-state index is 14.0. The number of halogens is 2. The predicted molar refractivity (Wildman–Crippen MR) is 97.8 cm³/mol. The minimum atomic E-state index is -0.550. The van der Waals surface area contributed by atoms with Gasteiger partial charge in [0, 0.05) is 37.6 Å². The summed E-state index contributed by atoms with van der Waals surface area (Å²) in [5.41, 5.74) is 1.53. The van der Waals surface area contributed by atoms with Crippen LogP contribution in [-0.4, -0.2) is 31.4 Å². The zero-order chi connectivity index (χ0) is 19.6. The molecule has 1 aromatic carbocycles. The topological polar surface area (TPSA) is 51.0 Å². The standard InChI is InChI=1S/C20H20F2N4O/c1-13(2)26(20(27)19-11-25(3)12-24-19)10-14-6-7-23-18(8-14)16-9-15(21)4-5-17(16)22/h4-9,11-13H,10H2,1-3H3. The summed E-state index contributed by atoms with van der Waals surface area (Å²) >= 11 is 0. The smallest absolute Gasteiger partial charge is 0.274 e. The average Bonchev–Trinajstić information content (AvgIpc) is 3.07. The van der Waals surface area contributed by atoms with E-state index >= 15 is 0 Å². The van der Waals surface area contributed by atoms with E-state index in [4.69, 9.17) is 0 Å². The number of carbonyl (C=O) groups is 1. The minimum Gasteiger partial charge on any atom is -0.340 e. The molecule has 0 fully saturated rings.